The normalized spacial score (nSPS) is 19.3. The van der Waals surface area contributed by atoms with E-state index in [0.717, 1.165) is 17.6 Å². The van der Waals surface area contributed by atoms with Crippen molar-refractivity contribution in [3.8, 4) is 0 Å². The van der Waals surface area contributed by atoms with E-state index in [1.165, 1.54) is 37.8 Å². The lowest BCUT2D eigenvalue weighted by Crippen LogP contribution is -2.39. The lowest BCUT2D eigenvalue weighted by Gasteiger charge is -2.39. The molecule has 1 aliphatic carbocycles. The number of nitrogens with one attached hydrogen (secondary N) is 1. The summed E-state index contributed by atoms with van der Waals surface area (Å²) in [6.07, 6.45) is 7.73. The monoisotopic (exact) mass is 356 g/mol. The molecule has 1 heterocycles. The Hall–Kier alpha value is -0.420. The first kappa shape index (κ1) is 16.9. The average molecular weight is 357 g/mol. The predicted molar refractivity (Wildman–Crippen MR) is 90.1 cm³/mol. The summed E-state index contributed by atoms with van der Waals surface area (Å²) in [5, 5.41) is 12.2. The third-order valence-electron chi connectivity index (χ3n) is 4.73. The van der Waals surface area contributed by atoms with Crippen LogP contribution in [0.5, 0.6) is 0 Å². The molecule has 1 aromatic heterocycles. The van der Waals surface area contributed by atoms with Crippen molar-refractivity contribution in [2.24, 2.45) is 18.4 Å². The number of nitrogens with zero attached hydrogens (tertiary/aromatic N) is 3. The fourth-order valence-electron chi connectivity index (χ4n) is 4.04. The first-order valence-corrected chi connectivity index (χ1v) is 9.08. The molecule has 0 bridgehead atoms. The molecule has 0 aromatic carbocycles. The first-order valence-electron chi connectivity index (χ1n) is 8.28. The summed E-state index contributed by atoms with van der Waals surface area (Å²) in [6, 6.07) is 0.344. The molecular formula is C16H29BrN4. The van der Waals surface area contributed by atoms with Crippen LogP contribution in [0.2, 0.25) is 0 Å². The summed E-state index contributed by atoms with van der Waals surface area (Å²) in [5.74, 6) is 0.717. The van der Waals surface area contributed by atoms with Crippen LogP contribution in [0, 0.1) is 11.3 Å². The zero-order valence-corrected chi connectivity index (χ0v) is 15.4. The van der Waals surface area contributed by atoms with Crippen LogP contribution < -0.4 is 5.32 Å². The Morgan fingerprint density at radius 2 is 2.00 bits per heavy atom. The highest BCUT2D eigenvalue weighted by Crippen LogP contribution is 2.52. The van der Waals surface area contributed by atoms with Gasteiger partial charge in [-0.15, -0.1) is 5.10 Å². The smallest absolute Gasteiger partial charge is 0.153 e. The maximum Gasteiger partial charge on any atom is 0.153 e. The van der Waals surface area contributed by atoms with Crippen molar-refractivity contribution in [1.82, 2.24) is 20.3 Å². The minimum Gasteiger partial charge on any atom is -0.308 e. The van der Waals surface area contributed by atoms with Crippen LogP contribution in [0.4, 0.5) is 0 Å². The van der Waals surface area contributed by atoms with Crippen LogP contribution in [-0.2, 0) is 7.05 Å². The number of rotatable bonds is 7. The molecule has 1 aliphatic rings. The first-order chi connectivity index (χ1) is 10.00. The van der Waals surface area contributed by atoms with Crippen LogP contribution in [0.25, 0.3) is 0 Å². The molecule has 1 atom stereocenters. The van der Waals surface area contributed by atoms with Crippen molar-refractivity contribution in [2.45, 2.75) is 65.3 Å². The van der Waals surface area contributed by atoms with Gasteiger partial charge in [-0.05, 0) is 59.5 Å². The maximum atomic E-state index is 4.22. The quantitative estimate of drug-likeness (QED) is 0.794. The predicted octanol–water partition coefficient (Wildman–Crippen LogP) is 4.22. The van der Waals surface area contributed by atoms with Gasteiger partial charge in [-0.25, -0.2) is 4.68 Å². The Morgan fingerprint density at radius 3 is 2.48 bits per heavy atom. The van der Waals surface area contributed by atoms with Gasteiger partial charge in [-0.2, -0.15) is 0 Å². The van der Waals surface area contributed by atoms with Gasteiger partial charge in [0.25, 0.3) is 0 Å². The largest absolute Gasteiger partial charge is 0.308 e. The molecule has 0 amide bonds. The van der Waals surface area contributed by atoms with Crippen molar-refractivity contribution in [3.05, 3.63) is 10.3 Å². The van der Waals surface area contributed by atoms with E-state index in [1.54, 1.807) is 0 Å². The Labute approximate surface area is 137 Å². The third-order valence-corrected chi connectivity index (χ3v) is 5.29. The van der Waals surface area contributed by atoms with Gasteiger partial charge in [-0.3, -0.25) is 0 Å². The van der Waals surface area contributed by atoms with Gasteiger partial charge < -0.3 is 5.32 Å². The molecule has 0 radical (unpaired) electrons. The number of aryl methyl sites for hydroxylation is 1. The van der Waals surface area contributed by atoms with Crippen LogP contribution in [0.3, 0.4) is 0 Å². The fraction of sp³-hybridized carbons (Fsp3) is 0.875. The second-order valence-corrected chi connectivity index (χ2v) is 7.69. The topological polar surface area (TPSA) is 42.7 Å². The Balaban J connectivity index is 2.37. The summed E-state index contributed by atoms with van der Waals surface area (Å²) in [7, 11) is 2.01. The van der Waals surface area contributed by atoms with Gasteiger partial charge in [0.15, 0.2) is 4.60 Å². The SMILES string of the molecule is CCCNC(c1c(Br)nnn1C)C1(CC(C)C)CCCC1. The standard InChI is InChI=1S/C16H29BrN4/c1-5-10-18-14(13-15(17)19-20-21(13)4)16(11-12(2)3)8-6-7-9-16/h12,14,18H,5-11H2,1-4H3. The second kappa shape index (κ2) is 7.23. The Bertz CT molecular complexity index is 430. The number of aromatic nitrogens is 3. The Kier molecular flexibility index (Phi) is 5.83. The minimum atomic E-state index is 0.344. The molecule has 120 valence electrons. The lowest BCUT2D eigenvalue weighted by molar-refractivity contribution is 0.149. The van der Waals surface area contributed by atoms with Gasteiger partial charge in [0.1, 0.15) is 0 Å². The molecule has 1 fully saturated rings. The summed E-state index contributed by atoms with van der Waals surface area (Å²) in [4.78, 5) is 0. The van der Waals surface area contributed by atoms with Crippen molar-refractivity contribution < 1.29 is 0 Å². The zero-order valence-electron chi connectivity index (χ0n) is 13.8. The highest BCUT2D eigenvalue weighted by molar-refractivity contribution is 9.10. The maximum absolute atomic E-state index is 4.22. The number of halogens is 1. The fourth-order valence-corrected chi connectivity index (χ4v) is 4.60. The van der Waals surface area contributed by atoms with E-state index in [9.17, 15) is 0 Å². The lowest BCUT2D eigenvalue weighted by atomic mass is 9.71. The van der Waals surface area contributed by atoms with E-state index in [4.69, 9.17) is 0 Å². The second-order valence-electron chi connectivity index (χ2n) is 6.94. The molecule has 1 N–H and O–H groups in total. The van der Waals surface area contributed by atoms with Crippen molar-refractivity contribution in [1.29, 1.82) is 0 Å². The van der Waals surface area contributed by atoms with Crippen LogP contribution >= 0.6 is 15.9 Å². The molecule has 1 unspecified atom stereocenters. The molecule has 1 saturated carbocycles. The van der Waals surface area contributed by atoms with Gasteiger partial charge in [0.05, 0.1) is 11.7 Å². The van der Waals surface area contributed by atoms with E-state index in [-0.39, 0.29) is 0 Å². The summed E-state index contributed by atoms with van der Waals surface area (Å²) >= 11 is 3.61. The van der Waals surface area contributed by atoms with Crippen LogP contribution in [-0.4, -0.2) is 21.5 Å². The number of hydrogen-bond acceptors (Lipinski definition) is 3. The van der Waals surface area contributed by atoms with Crippen LogP contribution in [0.15, 0.2) is 4.60 Å². The molecule has 5 heteroatoms. The summed E-state index contributed by atoms with van der Waals surface area (Å²) in [6.45, 7) is 7.95. The van der Waals surface area contributed by atoms with Gasteiger partial charge in [-0.1, -0.05) is 38.8 Å². The van der Waals surface area contributed by atoms with E-state index >= 15 is 0 Å². The average Bonchev–Trinajstić information content (AvgIpc) is 3.00. The number of hydrogen-bond donors (Lipinski definition) is 1. The molecule has 0 spiro atoms. The highest BCUT2D eigenvalue weighted by atomic mass is 79.9. The van der Waals surface area contributed by atoms with E-state index in [2.05, 4.69) is 52.3 Å². The van der Waals surface area contributed by atoms with Gasteiger partial charge >= 0.3 is 0 Å². The van der Waals surface area contributed by atoms with Crippen molar-refractivity contribution in [2.75, 3.05) is 6.54 Å². The zero-order chi connectivity index (χ0) is 15.5. The minimum absolute atomic E-state index is 0.344. The van der Waals surface area contributed by atoms with Gasteiger partial charge in [0.2, 0.25) is 0 Å². The van der Waals surface area contributed by atoms with E-state index in [0.29, 0.717) is 17.4 Å². The Morgan fingerprint density at radius 1 is 1.33 bits per heavy atom. The summed E-state index contributed by atoms with van der Waals surface area (Å²) < 4.78 is 2.84. The van der Waals surface area contributed by atoms with Crippen molar-refractivity contribution >= 4 is 15.9 Å². The van der Waals surface area contributed by atoms with E-state index in [1.807, 2.05) is 11.7 Å². The third kappa shape index (κ3) is 3.67. The molecular weight excluding hydrogens is 328 g/mol. The molecule has 4 nitrogen and oxygen atoms in total. The highest BCUT2D eigenvalue weighted by Gasteiger charge is 2.44. The molecule has 0 aliphatic heterocycles. The summed E-state index contributed by atoms with van der Waals surface area (Å²) in [5.41, 5.74) is 1.56. The molecule has 0 saturated heterocycles. The molecule has 1 aromatic rings. The van der Waals surface area contributed by atoms with Gasteiger partial charge in [0, 0.05) is 7.05 Å². The van der Waals surface area contributed by atoms with Crippen LogP contribution in [0.1, 0.15) is 71.0 Å². The van der Waals surface area contributed by atoms with Crippen molar-refractivity contribution in [3.63, 3.8) is 0 Å². The molecule has 21 heavy (non-hydrogen) atoms. The molecule has 2 rings (SSSR count). The van der Waals surface area contributed by atoms with E-state index < -0.39 is 0 Å².